The minimum absolute atomic E-state index is 0.722. The van der Waals surface area contributed by atoms with Crippen LogP contribution in [0.3, 0.4) is 0 Å². The molecule has 0 bridgehead atoms. The van der Waals surface area contributed by atoms with Crippen LogP contribution in [-0.2, 0) is 11.2 Å². The summed E-state index contributed by atoms with van der Waals surface area (Å²) >= 11 is 0. The molecule has 4 rings (SSSR count). The molecule has 1 aromatic carbocycles. The number of benzene rings is 1. The summed E-state index contributed by atoms with van der Waals surface area (Å²) in [6.45, 7) is 4.20. The number of aromatic nitrogens is 4. The summed E-state index contributed by atoms with van der Waals surface area (Å²) < 4.78 is 7.38. The molecule has 2 aliphatic rings. The van der Waals surface area contributed by atoms with E-state index < -0.39 is 0 Å². The topological polar surface area (TPSA) is 56.1 Å². The fourth-order valence-electron chi connectivity index (χ4n) is 3.49. The Balaban J connectivity index is 1.32. The van der Waals surface area contributed by atoms with E-state index in [0.717, 1.165) is 56.1 Å². The lowest BCUT2D eigenvalue weighted by atomic mass is 10.1. The molecular formula is C18H25N5O. The summed E-state index contributed by atoms with van der Waals surface area (Å²) in [6.07, 6.45) is 5.93. The Hall–Kier alpha value is -1.79. The lowest BCUT2D eigenvalue weighted by molar-refractivity contribution is 0.163. The van der Waals surface area contributed by atoms with E-state index in [2.05, 4.69) is 20.4 Å². The summed E-state index contributed by atoms with van der Waals surface area (Å²) in [7, 11) is 0. The van der Waals surface area contributed by atoms with E-state index >= 15 is 0 Å². The van der Waals surface area contributed by atoms with Gasteiger partial charge >= 0.3 is 0 Å². The van der Waals surface area contributed by atoms with Crippen molar-refractivity contribution >= 4 is 0 Å². The van der Waals surface area contributed by atoms with E-state index in [1.54, 1.807) is 0 Å². The van der Waals surface area contributed by atoms with Gasteiger partial charge in [-0.15, -0.1) is 5.10 Å². The molecule has 0 amide bonds. The van der Waals surface area contributed by atoms with E-state index in [0.29, 0.717) is 0 Å². The summed E-state index contributed by atoms with van der Waals surface area (Å²) in [5.41, 5.74) is 1.03. The van der Waals surface area contributed by atoms with Gasteiger partial charge in [-0.25, -0.2) is 0 Å². The quantitative estimate of drug-likeness (QED) is 0.743. The van der Waals surface area contributed by atoms with E-state index in [1.807, 2.05) is 35.0 Å². The SMILES string of the molecule is c1ccc(-n2nnnc2CCCN(C[C@@H]2CCOC2)C2CC2)cc1. The van der Waals surface area contributed by atoms with Crippen molar-refractivity contribution in [2.24, 2.45) is 5.92 Å². The number of tetrazole rings is 1. The Kier molecular flexibility index (Phi) is 4.85. The summed E-state index contributed by atoms with van der Waals surface area (Å²) in [5, 5.41) is 12.2. The minimum Gasteiger partial charge on any atom is -0.381 e. The van der Waals surface area contributed by atoms with Crippen LogP contribution in [0.15, 0.2) is 30.3 Å². The van der Waals surface area contributed by atoms with Crippen molar-refractivity contribution in [3.63, 3.8) is 0 Å². The van der Waals surface area contributed by atoms with Crippen LogP contribution in [0.2, 0.25) is 0 Å². The van der Waals surface area contributed by atoms with Crippen LogP contribution in [0.5, 0.6) is 0 Å². The molecule has 24 heavy (non-hydrogen) atoms. The van der Waals surface area contributed by atoms with E-state index in [4.69, 9.17) is 4.74 Å². The first-order valence-corrected chi connectivity index (χ1v) is 9.04. The fraction of sp³-hybridized carbons (Fsp3) is 0.611. The number of nitrogens with zero attached hydrogens (tertiary/aromatic N) is 5. The van der Waals surface area contributed by atoms with Crippen molar-refractivity contribution in [2.45, 2.75) is 38.1 Å². The number of ether oxygens (including phenoxy) is 1. The van der Waals surface area contributed by atoms with Crippen molar-refractivity contribution in [3.05, 3.63) is 36.2 Å². The van der Waals surface area contributed by atoms with Crippen molar-refractivity contribution in [3.8, 4) is 5.69 Å². The Morgan fingerprint density at radius 2 is 2.04 bits per heavy atom. The Labute approximate surface area is 142 Å². The average molecular weight is 327 g/mol. The van der Waals surface area contributed by atoms with Gasteiger partial charge in [0.05, 0.1) is 12.3 Å². The first-order chi connectivity index (χ1) is 11.9. The second-order valence-electron chi connectivity index (χ2n) is 6.90. The lowest BCUT2D eigenvalue weighted by Crippen LogP contribution is -2.33. The van der Waals surface area contributed by atoms with Gasteiger partial charge in [0.1, 0.15) is 0 Å². The third-order valence-corrected chi connectivity index (χ3v) is 4.96. The second-order valence-corrected chi connectivity index (χ2v) is 6.90. The molecule has 128 valence electrons. The number of aryl methyl sites for hydroxylation is 1. The zero-order chi connectivity index (χ0) is 16.2. The van der Waals surface area contributed by atoms with Crippen LogP contribution in [-0.4, -0.2) is 57.5 Å². The van der Waals surface area contributed by atoms with Gasteiger partial charge in [-0.3, -0.25) is 0 Å². The summed E-state index contributed by atoms with van der Waals surface area (Å²) in [6, 6.07) is 10.9. The highest BCUT2D eigenvalue weighted by Gasteiger charge is 2.31. The predicted molar refractivity (Wildman–Crippen MR) is 91.0 cm³/mol. The zero-order valence-corrected chi connectivity index (χ0v) is 14.0. The monoisotopic (exact) mass is 327 g/mol. The Morgan fingerprint density at radius 3 is 2.79 bits per heavy atom. The Morgan fingerprint density at radius 1 is 1.17 bits per heavy atom. The zero-order valence-electron chi connectivity index (χ0n) is 14.0. The molecule has 2 fully saturated rings. The number of hydrogen-bond donors (Lipinski definition) is 0. The van der Waals surface area contributed by atoms with Gasteiger partial charge in [0.25, 0.3) is 0 Å². The van der Waals surface area contributed by atoms with Gasteiger partial charge in [0.15, 0.2) is 5.82 Å². The third-order valence-electron chi connectivity index (χ3n) is 4.96. The maximum absolute atomic E-state index is 5.53. The summed E-state index contributed by atoms with van der Waals surface area (Å²) in [4.78, 5) is 2.66. The molecule has 1 aliphatic heterocycles. The smallest absolute Gasteiger partial charge is 0.156 e. The number of hydrogen-bond acceptors (Lipinski definition) is 5. The highest BCUT2D eigenvalue weighted by Crippen LogP contribution is 2.29. The molecule has 0 unspecified atom stereocenters. The highest BCUT2D eigenvalue weighted by atomic mass is 16.5. The maximum atomic E-state index is 5.53. The number of para-hydroxylation sites is 1. The average Bonchev–Trinajstić information content (AvgIpc) is 3.14. The van der Waals surface area contributed by atoms with Crippen LogP contribution < -0.4 is 0 Å². The third kappa shape index (κ3) is 3.82. The molecule has 2 aromatic rings. The number of rotatable bonds is 8. The lowest BCUT2D eigenvalue weighted by Gasteiger charge is -2.24. The van der Waals surface area contributed by atoms with Crippen LogP contribution >= 0.6 is 0 Å². The minimum atomic E-state index is 0.722. The predicted octanol–water partition coefficient (Wildman–Crippen LogP) is 2.10. The van der Waals surface area contributed by atoms with Crippen molar-refractivity contribution in [2.75, 3.05) is 26.3 Å². The van der Waals surface area contributed by atoms with Gasteiger partial charge in [-0.2, -0.15) is 4.68 Å². The molecule has 1 aliphatic carbocycles. The fourth-order valence-corrected chi connectivity index (χ4v) is 3.49. The molecule has 1 aromatic heterocycles. The summed E-state index contributed by atoms with van der Waals surface area (Å²) in [5.74, 6) is 1.67. The van der Waals surface area contributed by atoms with Crippen LogP contribution in [0.4, 0.5) is 0 Å². The molecule has 1 saturated heterocycles. The first kappa shape index (κ1) is 15.7. The van der Waals surface area contributed by atoms with Crippen molar-refractivity contribution < 1.29 is 4.74 Å². The molecule has 0 N–H and O–H groups in total. The highest BCUT2D eigenvalue weighted by molar-refractivity contribution is 5.30. The molecule has 0 spiro atoms. The van der Waals surface area contributed by atoms with E-state index in [9.17, 15) is 0 Å². The van der Waals surface area contributed by atoms with Gasteiger partial charge in [0.2, 0.25) is 0 Å². The van der Waals surface area contributed by atoms with Crippen molar-refractivity contribution in [1.82, 2.24) is 25.1 Å². The normalized spacial score (nSPS) is 20.8. The molecule has 6 heteroatoms. The molecule has 6 nitrogen and oxygen atoms in total. The van der Waals surface area contributed by atoms with Gasteiger partial charge in [-0.05, 0) is 60.7 Å². The van der Waals surface area contributed by atoms with Gasteiger partial charge in [0, 0.05) is 25.6 Å². The molecule has 0 radical (unpaired) electrons. The first-order valence-electron chi connectivity index (χ1n) is 9.04. The van der Waals surface area contributed by atoms with Crippen LogP contribution in [0, 0.1) is 5.92 Å². The van der Waals surface area contributed by atoms with Crippen molar-refractivity contribution in [1.29, 1.82) is 0 Å². The van der Waals surface area contributed by atoms with Crippen LogP contribution in [0.25, 0.3) is 5.69 Å². The van der Waals surface area contributed by atoms with Gasteiger partial charge < -0.3 is 9.64 Å². The second kappa shape index (κ2) is 7.40. The van der Waals surface area contributed by atoms with E-state index in [1.165, 1.54) is 25.8 Å². The molecule has 1 atom stereocenters. The van der Waals surface area contributed by atoms with E-state index in [-0.39, 0.29) is 0 Å². The molecule has 1 saturated carbocycles. The molecular weight excluding hydrogens is 302 g/mol. The van der Waals surface area contributed by atoms with Gasteiger partial charge in [-0.1, -0.05) is 18.2 Å². The standard InChI is InChI=1S/C18H25N5O/c1-2-5-17(6-3-1)23-18(19-20-21-23)7-4-11-22(16-8-9-16)13-15-10-12-24-14-15/h1-3,5-6,15-16H,4,7-14H2/t15-/m0/s1. The van der Waals surface area contributed by atoms with Crippen LogP contribution in [0.1, 0.15) is 31.5 Å². The maximum Gasteiger partial charge on any atom is 0.156 e. The largest absolute Gasteiger partial charge is 0.381 e. The molecule has 2 heterocycles. The Bertz CT molecular complexity index is 634.